The van der Waals surface area contributed by atoms with Crippen LogP contribution >= 0.6 is 34.2 Å². The van der Waals surface area contributed by atoms with Crippen LogP contribution in [0.2, 0.25) is 5.02 Å². The summed E-state index contributed by atoms with van der Waals surface area (Å²) in [6.45, 7) is 0.668. The van der Waals surface area contributed by atoms with E-state index in [1.54, 1.807) is 23.1 Å². The standard InChI is InChI=1S/C21H20ClIN2O3/c22-15-9-10-17(23)19(13-15)24-18(21(27)28)11-8-14-5-4-12-25(20(14)26)16-6-2-1-3-7-16/h1-3,6-10,13,18,24H,4-5,11-12H2,(H,27,28). The smallest absolute Gasteiger partial charge is 0.326 e. The molecule has 1 fully saturated rings. The lowest BCUT2D eigenvalue weighted by atomic mass is 10.00. The maximum Gasteiger partial charge on any atom is 0.326 e. The average molecular weight is 511 g/mol. The molecule has 1 aliphatic rings. The highest BCUT2D eigenvalue weighted by atomic mass is 127. The summed E-state index contributed by atoms with van der Waals surface area (Å²) in [6, 6.07) is 14.0. The van der Waals surface area contributed by atoms with Gasteiger partial charge in [-0.15, -0.1) is 0 Å². The van der Waals surface area contributed by atoms with E-state index in [2.05, 4.69) is 27.9 Å². The minimum atomic E-state index is -0.976. The maximum absolute atomic E-state index is 12.8. The molecule has 146 valence electrons. The van der Waals surface area contributed by atoms with Crippen LogP contribution in [0.4, 0.5) is 11.4 Å². The van der Waals surface area contributed by atoms with E-state index >= 15 is 0 Å². The zero-order valence-corrected chi connectivity index (χ0v) is 18.0. The van der Waals surface area contributed by atoms with E-state index in [1.807, 2.05) is 36.4 Å². The maximum atomic E-state index is 12.8. The number of halogens is 2. The van der Waals surface area contributed by atoms with Crippen LogP contribution in [0.25, 0.3) is 0 Å². The van der Waals surface area contributed by atoms with Gasteiger partial charge in [-0.1, -0.05) is 35.9 Å². The zero-order chi connectivity index (χ0) is 20.1. The van der Waals surface area contributed by atoms with Crippen LogP contribution in [0.5, 0.6) is 0 Å². The molecule has 1 saturated heterocycles. The van der Waals surface area contributed by atoms with Crippen molar-refractivity contribution in [3.8, 4) is 0 Å². The number of nitrogens with zero attached hydrogens (tertiary/aromatic N) is 1. The molecule has 0 radical (unpaired) electrons. The molecule has 28 heavy (non-hydrogen) atoms. The first kappa shape index (κ1) is 20.7. The van der Waals surface area contributed by atoms with Crippen molar-refractivity contribution in [3.05, 3.63) is 68.8 Å². The van der Waals surface area contributed by atoms with Gasteiger partial charge in [0.1, 0.15) is 6.04 Å². The van der Waals surface area contributed by atoms with Crippen LogP contribution in [0.1, 0.15) is 19.3 Å². The van der Waals surface area contributed by atoms with Gasteiger partial charge in [0.05, 0.1) is 0 Å². The largest absolute Gasteiger partial charge is 0.480 e. The molecule has 1 amide bonds. The lowest BCUT2D eigenvalue weighted by molar-refractivity contribution is -0.137. The third-order valence-electron chi connectivity index (χ3n) is 4.57. The molecule has 1 unspecified atom stereocenters. The third-order valence-corrected chi connectivity index (χ3v) is 5.75. The summed E-state index contributed by atoms with van der Waals surface area (Å²) in [5, 5.41) is 13.2. The molecule has 2 aromatic rings. The van der Waals surface area contributed by atoms with Gasteiger partial charge in [0, 0.05) is 32.1 Å². The van der Waals surface area contributed by atoms with Crippen molar-refractivity contribution in [3.63, 3.8) is 0 Å². The number of benzene rings is 2. The summed E-state index contributed by atoms with van der Waals surface area (Å²) in [6.07, 6.45) is 3.47. The number of para-hydroxylation sites is 1. The van der Waals surface area contributed by atoms with Crippen molar-refractivity contribution in [2.24, 2.45) is 0 Å². The molecular weight excluding hydrogens is 491 g/mol. The Labute approximate surface area is 182 Å². The number of hydrogen-bond donors (Lipinski definition) is 2. The molecule has 0 aromatic heterocycles. The van der Waals surface area contributed by atoms with Crippen LogP contribution < -0.4 is 10.2 Å². The van der Waals surface area contributed by atoms with E-state index in [9.17, 15) is 14.7 Å². The number of hydrogen-bond acceptors (Lipinski definition) is 3. The molecular formula is C21H20ClIN2O3. The number of nitrogens with one attached hydrogen (secondary N) is 1. The Morgan fingerprint density at radius 3 is 2.75 bits per heavy atom. The normalized spacial score (nSPS) is 16.9. The van der Waals surface area contributed by atoms with Crippen LogP contribution in [-0.4, -0.2) is 29.6 Å². The number of piperidine rings is 1. The number of carboxylic acids is 1. The Bertz CT molecular complexity index is 902. The fourth-order valence-corrected chi connectivity index (χ4v) is 3.79. The van der Waals surface area contributed by atoms with Crippen LogP contribution in [0.3, 0.4) is 0 Å². The van der Waals surface area contributed by atoms with E-state index in [4.69, 9.17) is 11.6 Å². The van der Waals surface area contributed by atoms with Gasteiger partial charge in [0.2, 0.25) is 0 Å². The van der Waals surface area contributed by atoms with E-state index in [0.29, 0.717) is 29.2 Å². The van der Waals surface area contributed by atoms with Crippen LogP contribution in [0.15, 0.2) is 60.2 Å². The highest BCUT2D eigenvalue weighted by molar-refractivity contribution is 14.1. The van der Waals surface area contributed by atoms with Crippen molar-refractivity contribution in [2.75, 3.05) is 16.8 Å². The Balaban J connectivity index is 1.74. The van der Waals surface area contributed by atoms with E-state index < -0.39 is 12.0 Å². The SMILES string of the molecule is O=C(O)C(CC=C1CCCN(c2ccccc2)C1=O)Nc1cc(Cl)ccc1I. The number of carbonyl (C=O) groups is 2. The summed E-state index contributed by atoms with van der Waals surface area (Å²) in [4.78, 5) is 26.3. The van der Waals surface area contributed by atoms with Crippen molar-refractivity contribution >= 4 is 57.4 Å². The summed E-state index contributed by atoms with van der Waals surface area (Å²) in [7, 11) is 0. The molecule has 3 rings (SSSR count). The van der Waals surface area contributed by atoms with Gasteiger partial charge in [-0.05, 0) is 72.2 Å². The Kier molecular flexibility index (Phi) is 6.96. The number of rotatable bonds is 6. The van der Waals surface area contributed by atoms with Crippen LogP contribution in [-0.2, 0) is 9.59 Å². The highest BCUT2D eigenvalue weighted by Crippen LogP contribution is 2.26. The zero-order valence-electron chi connectivity index (χ0n) is 15.1. The van der Waals surface area contributed by atoms with E-state index in [0.717, 1.165) is 15.7 Å². The number of carbonyl (C=O) groups excluding carboxylic acids is 1. The van der Waals surface area contributed by atoms with Gasteiger partial charge in [0.15, 0.2) is 0 Å². The van der Waals surface area contributed by atoms with Crippen molar-refractivity contribution < 1.29 is 14.7 Å². The highest BCUT2D eigenvalue weighted by Gasteiger charge is 2.25. The monoisotopic (exact) mass is 510 g/mol. The third kappa shape index (κ3) is 5.05. The van der Waals surface area contributed by atoms with Crippen LogP contribution in [0, 0.1) is 3.57 Å². The predicted octanol–water partition coefficient (Wildman–Crippen LogP) is 4.95. The first-order chi connectivity index (χ1) is 13.5. The molecule has 0 saturated carbocycles. The summed E-state index contributed by atoms with van der Waals surface area (Å²) >= 11 is 8.15. The Morgan fingerprint density at radius 2 is 2.04 bits per heavy atom. The van der Waals surface area contributed by atoms with Gasteiger partial charge >= 0.3 is 5.97 Å². The van der Waals surface area contributed by atoms with Gasteiger partial charge < -0.3 is 15.3 Å². The van der Waals surface area contributed by atoms with Gasteiger partial charge in [-0.25, -0.2) is 4.79 Å². The van der Waals surface area contributed by atoms with Gasteiger partial charge in [-0.2, -0.15) is 0 Å². The molecule has 1 atom stereocenters. The minimum absolute atomic E-state index is 0.0566. The van der Waals surface area contributed by atoms with Gasteiger partial charge in [-0.3, -0.25) is 4.79 Å². The topological polar surface area (TPSA) is 69.6 Å². The predicted molar refractivity (Wildman–Crippen MR) is 120 cm³/mol. The average Bonchev–Trinajstić information content (AvgIpc) is 2.69. The van der Waals surface area contributed by atoms with Gasteiger partial charge in [0.25, 0.3) is 5.91 Å². The van der Waals surface area contributed by atoms with Crippen molar-refractivity contribution in [1.82, 2.24) is 0 Å². The lowest BCUT2D eigenvalue weighted by Gasteiger charge is -2.29. The summed E-state index contributed by atoms with van der Waals surface area (Å²) < 4.78 is 0.880. The molecule has 2 aromatic carbocycles. The summed E-state index contributed by atoms with van der Waals surface area (Å²) in [5.74, 6) is -1.03. The lowest BCUT2D eigenvalue weighted by Crippen LogP contribution is -2.37. The number of carboxylic acid groups (broad SMARTS) is 1. The molecule has 7 heteroatoms. The molecule has 5 nitrogen and oxygen atoms in total. The first-order valence-electron chi connectivity index (χ1n) is 8.96. The van der Waals surface area contributed by atoms with Crippen molar-refractivity contribution in [2.45, 2.75) is 25.3 Å². The molecule has 0 bridgehead atoms. The first-order valence-corrected chi connectivity index (χ1v) is 10.4. The Hall–Kier alpha value is -2.06. The molecule has 0 spiro atoms. The number of amides is 1. The second-order valence-electron chi connectivity index (χ2n) is 6.52. The quantitative estimate of drug-likeness (QED) is 0.426. The number of aliphatic carboxylic acids is 1. The molecule has 2 N–H and O–H groups in total. The second kappa shape index (κ2) is 9.43. The minimum Gasteiger partial charge on any atom is -0.480 e. The second-order valence-corrected chi connectivity index (χ2v) is 8.12. The fourth-order valence-electron chi connectivity index (χ4n) is 3.13. The molecule has 1 heterocycles. The van der Waals surface area contributed by atoms with E-state index in [-0.39, 0.29) is 12.3 Å². The Morgan fingerprint density at radius 1 is 1.29 bits per heavy atom. The summed E-state index contributed by atoms with van der Waals surface area (Å²) in [5.41, 5.74) is 2.18. The fraction of sp³-hybridized carbons (Fsp3) is 0.238. The van der Waals surface area contributed by atoms with Crippen molar-refractivity contribution in [1.29, 1.82) is 0 Å². The molecule has 0 aliphatic carbocycles. The van der Waals surface area contributed by atoms with E-state index in [1.165, 1.54) is 0 Å². The number of anilines is 2. The molecule has 1 aliphatic heterocycles.